The Morgan fingerprint density at radius 3 is 2.15 bits per heavy atom. The third kappa shape index (κ3) is 4.10. The van der Waals surface area contributed by atoms with Gasteiger partial charge in [0.05, 0.1) is 11.0 Å². The van der Waals surface area contributed by atoms with E-state index in [1.165, 1.54) is 71.9 Å². The van der Waals surface area contributed by atoms with Crippen molar-refractivity contribution in [1.29, 1.82) is 0 Å². The Hall–Kier alpha value is -5.08. The molecule has 2 heteroatoms. The molecule has 2 atom stereocenters. The van der Waals surface area contributed by atoms with E-state index in [1.807, 2.05) is 0 Å². The average molecular weight is 609 g/mol. The van der Waals surface area contributed by atoms with Crippen molar-refractivity contribution < 1.29 is 0 Å². The summed E-state index contributed by atoms with van der Waals surface area (Å²) in [7, 11) is 0. The van der Waals surface area contributed by atoms with E-state index in [2.05, 4.69) is 177 Å². The molecule has 7 aromatic rings. The van der Waals surface area contributed by atoms with Gasteiger partial charge in [0.1, 0.15) is 0 Å². The van der Waals surface area contributed by atoms with Crippen molar-refractivity contribution in [3.63, 3.8) is 0 Å². The van der Waals surface area contributed by atoms with E-state index in [-0.39, 0.29) is 11.0 Å². The molecule has 0 bridgehead atoms. The Balaban J connectivity index is 1.22. The molecule has 0 saturated carbocycles. The molecule has 1 aromatic heterocycles. The number of anilines is 2. The van der Waals surface area contributed by atoms with Gasteiger partial charge in [-0.2, -0.15) is 0 Å². The lowest BCUT2D eigenvalue weighted by Crippen LogP contribution is -2.49. The smallest absolute Gasteiger partial charge is 0.0547 e. The van der Waals surface area contributed by atoms with E-state index in [9.17, 15) is 0 Å². The maximum absolute atomic E-state index is 2.61. The Morgan fingerprint density at radius 1 is 0.596 bits per heavy atom. The van der Waals surface area contributed by atoms with Crippen molar-refractivity contribution in [3.05, 3.63) is 151 Å². The molecule has 2 nitrogen and oxygen atoms in total. The number of fused-ring (bicyclic) bond motifs is 7. The first kappa shape index (κ1) is 28.2. The number of allylic oxidation sites excluding steroid dienone is 1. The molecule has 0 aliphatic heterocycles. The molecule has 2 aliphatic rings. The normalized spacial score (nSPS) is 19.7. The summed E-state index contributed by atoms with van der Waals surface area (Å²) in [4.78, 5) is 2.61. The summed E-state index contributed by atoms with van der Waals surface area (Å²) in [5.41, 5.74) is 11.6. The molecule has 2 unspecified atom stereocenters. The Morgan fingerprint density at radius 2 is 1.32 bits per heavy atom. The highest BCUT2D eigenvalue weighted by Crippen LogP contribution is 2.51. The van der Waals surface area contributed by atoms with Crippen molar-refractivity contribution in [2.45, 2.75) is 51.5 Å². The summed E-state index contributed by atoms with van der Waals surface area (Å²) >= 11 is 0. The molecule has 0 spiro atoms. The van der Waals surface area contributed by atoms with Crippen LogP contribution in [0.3, 0.4) is 0 Å². The minimum atomic E-state index is -0.0493. The molecule has 0 fully saturated rings. The molecule has 9 rings (SSSR count). The average Bonchev–Trinajstić information content (AvgIpc) is 3.54. The standard InChI is InChI=1S/C45H40N2/c1-30-13-11-12-26-45(30,4)47(35-21-20-31-14-5-6-15-32(31)27-35)34-24-22-33(23-25-34)46-42-19-10-8-17-37(42)39-28-41-38(29-43(39)46)36-16-7-9-18-40(36)44(41,2)3/h5-12,14-25,27-30H,13,26H2,1-4H3. The maximum atomic E-state index is 2.61. The third-order valence-corrected chi connectivity index (χ3v) is 11.5. The van der Waals surface area contributed by atoms with Gasteiger partial charge >= 0.3 is 0 Å². The number of rotatable bonds is 4. The molecule has 0 radical (unpaired) electrons. The van der Waals surface area contributed by atoms with E-state index in [4.69, 9.17) is 0 Å². The first-order chi connectivity index (χ1) is 22.8. The lowest BCUT2D eigenvalue weighted by molar-refractivity contribution is 0.305. The van der Waals surface area contributed by atoms with Crippen LogP contribution in [0, 0.1) is 5.92 Å². The fourth-order valence-corrected chi connectivity index (χ4v) is 8.64. The summed E-state index contributed by atoms with van der Waals surface area (Å²) < 4.78 is 2.47. The first-order valence-corrected chi connectivity index (χ1v) is 17.1. The number of aromatic nitrogens is 1. The van der Waals surface area contributed by atoms with Gasteiger partial charge in [0.25, 0.3) is 0 Å². The van der Waals surface area contributed by atoms with Gasteiger partial charge in [0, 0.05) is 38.8 Å². The second-order valence-electron chi connectivity index (χ2n) is 14.5. The fourth-order valence-electron chi connectivity index (χ4n) is 8.64. The molecular formula is C45H40N2. The maximum Gasteiger partial charge on any atom is 0.0547 e. The molecule has 2 aliphatic carbocycles. The summed E-state index contributed by atoms with van der Waals surface area (Å²) in [6, 6.07) is 47.7. The van der Waals surface area contributed by atoms with E-state index >= 15 is 0 Å². The molecular weight excluding hydrogens is 569 g/mol. The van der Waals surface area contributed by atoms with Crippen LogP contribution in [0.4, 0.5) is 11.4 Å². The largest absolute Gasteiger partial charge is 0.335 e. The zero-order chi connectivity index (χ0) is 31.9. The number of hydrogen-bond donors (Lipinski definition) is 0. The van der Waals surface area contributed by atoms with Crippen LogP contribution in [0.2, 0.25) is 0 Å². The summed E-state index contributed by atoms with van der Waals surface area (Å²) in [6.45, 7) is 9.58. The van der Waals surface area contributed by atoms with Gasteiger partial charge in [-0.15, -0.1) is 0 Å². The molecule has 230 valence electrons. The minimum absolute atomic E-state index is 0.0290. The van der Waals surface area contributed by atoms with Crippen LogP contribution < -0.4 is 4.90 Å². The monoisotopic (exact) mass is 608 g/mol. The first-order valence-electron chi connectivity index (χ1n) is 17.1. The predicted octanol–water partition coefficient (Wildman–Crippen LogP) is 12.1. The van der Waals surface area contributed by atoms with Crippen LogP contribution in [0.15, 0.2) is 140 Å². The Kier molecular flexibility index (Phi) is 6.12. The van der Waals surface area contributed by atoms with Gasteiger partial charge in [0.2, 0.25) is 0 Å². The molecule has 0 amide bonds. The Bertz CT molecular complexity index is 2370. The number of para-hydroxylation sites is 1. The molecule has 47 heavy (non-hydrogen) atoms. The minimum Gasteiger partial charge on any atom is -0.335 e. The number of nitrogens with zero attached hydrogens (tertiary/aromatic N) is 2. The Labute approximate surface area is 277 Å². The van der Waals surface area contributed by atoms with Crippen molar-refractivity contribution in [2.75, 3.05) is 4.90 Å². The molecule has 0 saturated heterocycles. The quantitative estimate of drug-likeness (QED) is 0.180. The van der Waals surface area contributed by atoms with Crippen molar-refractivity contribution in [3.8, 4) is 16.8 Å². The van der Waals surface area contributed by atoms with Crippen LogP contribution in [0.1, 0.15) is 51.7 Å². The summed E-state index contributed by atoms with van der Waals surface area (Å²) in [6.07, 6.45) is 6.83. The van der Waals surface area contributed by atoms with Gasteiger partial charge in [-0.1, -0.05) is 106 Å². The molecule has 0 N–H and O–H groups in total. The highest BCUT2D eigenvalue weighted by atomic mass is 15.2. The SMILES string of the molecule is CC1CC=CCC1(C)N(c1ccc(-n2c3ccccc3c3cc4c(cc32)-c2ccccc2C4(C)C)cc1)c1ccc2ccccc2c1. The van der Waals surface area contributed by atoms with E-state index in [0.717, 1.165) is 12.8 Å². The van der Waals surface area contributed by atoms with Crippen LogP contribution in [-0.4, -0.2) is 10.1 Å². The van der Waals surface area contributed by atoms with Crippen LogP contribution >= 0.6 is 0 Å². The highest BCUT2D eigenvalue weighted by Gasteiger charge is 2.39. The summed E-state index contributed by atoms with van der Waals surface area (Å²) in [5, 5.41) is 5.17. The van der Waals surface area contributed by atoms with E-state index in [1.54, 1.807) is 0 Å². The topological polar surface area (TPSA) is 8.17 Å². The van der Waals surface area contributed by atoms with Gasteiger partial charge < -0.3 is 9.47 Å². The van der Waals surface area contributed by atoms with Gasteiger partial charge in [-0.25, -0.2) is 0 Å². The van der Waals surface area contributed by atoms with Gasteiger partial charge in [-0.3, -0.25) is 0 Å². The number of hydrogen-bond acceptors (Lipinski definition) is 1. The van der Waals surface area contributed by atoms with Crippen LogP contribution in [0.25, 0.3) is 49.4 Å². The predicted molar refractivity (Wildman–Crippen MR) is 200 cm³/mol. The fraction of sp³-hybridized carbons (Fsp3) is 0.200. The van der Waals surface area contributed by atoms with E-state index in [0.29, 0.717) is 5.92 Å². The number of benzene rings is 6. The van der Waals surface area contributed by atoms with Crippen LogP contribution in [-0.2, 0) is 5.41 Å². The zero-order valence-electron chi connectivity index (χ0n) is 27.7. The third-order valence-electron chi connectivity index (χ3n) is 11.5. The molecule has 6 aromatic carbocycles. The lowest BCUT2D eigenvalue weighted by atomic mass is 9.76. The summed E-state index contributed by atoms with van der Waals surface area (Å²) in [5.74, 6) is 0.505. The van der Waals surface area contributed by atoms with Gasteiger partial charge in [0.15, 0.2) is 0 Å². The second-order valence-corrected chi connectivity index (χ2v) is 14.5. The second kappa shape index (κ2) is 10.2. The lowest BCUT2D eigenvalue weighted by Gasteiger charge is -2.48. The molecule has 1 heterocycles. The zero-order valence-corrected chi connectivity index (χ0v) is 27.7. The van der Waals surface area contributed by atoms with Gasteiger partial charge in [-0.05, 0) is 113 Å². The van der Waals surface area contributed by atoms with Crippen molar-refractivity contribution in [1.82, 2.24) is 4.57 Å². The van der Waals surface area contributed by atoms with Crippen molar-refractivity contribution in [2.24, 2.45) is 5.92 Å². The van der Waals surface area contributed by atoms with Crippen LogP contribution in [0.5, 0.6) is 0 Å². The highest BCUT2D eigenvalue weighted by molar-refractivity contribution is 6.11. The van der Waals surface area contributed by atoms with Crippen molar-refractivity contribution >= 4 is 44.0 Å². The van der Waals surface area contributed by atoms with E-state index < -0.39 is 0 Å².